The van der Waals surface area contributed by atoms with E-state index < -0.39 is 0 Å². The van der Waals surface area contributed by atoms with E-state index in [-0.39, 0.29) is 0 Å². The zero-order chi connectivity index (χ0) is 7.94. The lowest BCUT2D eigenvalue weighted by molar-refractivity contribution is 1.01. The van der Waals surface area contributed by atoms with Crippen LogP contribution >= 0.6 is 0 Å². The Bertz CT molecular complexity index is 199. The Morgan fingerprint density at radius 3 is 3.09 bits per heavy atom. The number of nitrogens with one attached hydrogen (secondary N) is 1. The van der Waals surface area contributed by atoms with Gasteiger partial charge in [-0.3, -0.25) is 0 Å². The Hall–Kier alpha value is -1.05. The molecule has 2 heteroatoms. The lowest BCUT2D eigenvalue weighted by atomic mass is 10.3. The summed E-state index contributed by atoms with van der Waals surface area (Å²) in [5.41, 5.74) is 0. The van der Waals surface area contributed by atoms with E-state index >= 15 is 0 Å². The van der Waals surface area contributed by atoms with Crippen LogP contribution in [0.25, 0.3) is 0 Å². The summed E-state index contributed by atoms with van der Waals surface area (Å²) in [6.45, 7) is 3.75. The van der Waals surface area contributed by atoms with Gasteiger partial charge in [-0.1, -0.05) is 19.1 Å². The fraction of sp³-hybridized carbons (Fsp3) is 0.333. The van der Waals surface area contributed by atoms with E-state index in [4.69, 9.17) is 0 Å². The second-order valence-electron chi connectivity index (χ2n) is 2.35. The van der Waals surface area contributed by atoms with Crippen molar-refractivity contribution in [1.82, 2.24) is 9.97 Å². The van der Waals surface area contributed by atoms with Gasteiger partial charge in [-0.05, 0) is 12.8 Å². The Kier molecular flexibility index (Phi) is 3.45. The van der Waals surface area contributed by atoms with Crippen molar-refractivity contribution in [3.8, 4) is 0 Å². The van der Waals surface area contributed by atoms with Crippen molar-refractivity contribution >= 4 is 0 Å². The molecule has 0 fully saturated rings. The lowest BCUT2D eigenvalue weighted by Crippen LogP contribution is -1.82. The van der Waals surface area contributed by atoms with Gasteiger partial charge in [-0.15, -0.1) is 0 Å². The van der Waals surface area contributed by atoms with Crippen molar-refractivity contribution in [3.63, 3.8) is 0 Å². The van der Waals surface area contributed by atoms with Gasteiger partial charge in [0.1, 0.15) is 5.82 Å². The smallest absolute Gasteiger partial charge is 0.109 e. The summed E-state index contributed by atoms with van der Waals surface area (Å²) in [4.78, 5) is 7.13. The number of unbranched alkanes of at least 4 members (excludes halogenated alkanes) is 1. The third-order valence-corrected chi connectivity index (χ3v) is 1.40. The summed E-state index contributed by atoms with van der Waals surface area (Å²) in [6, 6.07) is 0. The highest BCUT2D eigenvalue weighted by Crippen LogP contribution is 1.93. The van der Waals surface area contributed by atoms with Crippen LogP contribution in [0.2, 0.25) is 0 Å². The number of aromatic nitrogens is 2. The summed E-state index contributed by atoms with van der Waals surface area (Å²) in [7, 11) is 0. The normalized spacial score (nSPS) is 11.0. The van der Waals surface area contributed by atoms with Crippen LogP contribution in [-0.4, -0.2) is 9.97 Å². The van der Waals surface area contributed by atoms with E-state index in [1.54, 1.807) is 6.20 Å². The zero-order valence-corrected chi connectivity index (χ0v) is 6.59. The number of nitrogens with zero attached hydrogens (tertiary/aromatic N) is 1. The Morgan fingerprint density at radius 1 is 1.55 bits per heavy atom. The third kappa shape index (κ3) is 3.03. The van der Waals surface area contributed by atoms with Gasteiger partial charge in [0.2, 0.25) is 0 Å². The first kappa shape index (κ1) is 8.05. The van der Waals surface area contributed by atoms with Crippen LogP contribution in [0.15, 0.2) is 24.5 Å². The molecule has 59 valence electrons. The van der Waals surface area contributed by atoms with Gasteiger partial charge in [0.15, 0.2) is 0 Å². The van der Waals surface area contributed by atoms with Crippen LogP contribution in [0.4, 0.5) is 0 Å². The third-order valence-electron chi connectivity index (χ3n) is 1.40. The van der Waals surface area contributed by atoms with Gasteiger partial charge in [0, 0.05) is 18.8 Å². The Morgan fingerprint density at radius 2 is 2.45 bits per heavy atom. The molecule has 0 bridgehead atoms. The molecule has 2 nitrogen and oxygen atoms in total. The minimum absolute atomic E-state index is 0.896. The van der Waals surface area contributed by atoms with Crippen LogP contribution in [-0.2, 0) is 6.42 Å². The molecule has 0 aliphatic carbocycles. The fourth-order valence-electron chi connectivity index (χ4n) is 0.840. The number of hydrogen-bond donors (Lipinski definition) is 1. The Balaban J connectivity index is 2.23. The summed E-state index contributed by atoms with van der Waals surface area (Å²) < 4.78 is 0. The predicted octanol–water partition coefficient (Wildman–Crippen LogP) is 2.12. The van der Waals surface area contributed by atoms with E-state index in [1.807, 2.05) is 6.20 Å². The minimum atomic E-state index is 0.896. The second-order valence-corrected chi connectivity index (χ2v) is 2.35. The van der Waals surface area contributed by atoms with E-state index in [2.05, 4.69) is 29.0 Å². The second kappa shape index (κ2) is 4.72. The zero-order valence-electron chi connectivity index (χ0n) is 6.59. The summed E-state index contributed by atoms with van der Waals surface area (Å²) in [5.74, 6) is 1.02. The summed E-state index contributed by atoms with van der Waals surface area (Å²) in [6.07, 6.45) is 10.8. The Labute approximate surface area is 67.4 Å². The molecular weight excluding hydrogens is 136 g/mol. The lowest BCUT2D eigenvalue weighted by Gasteiger charge is -1.86. The number of allylic oxidation sites excluding steroid dienone is 2. The average Bonchev–Trinajstić information content (AvgIpc) is 2.50. The predicted molar refractivity (Wildman–Crippen MR) is 46.0 cm³/mol. The van der Waals surface area contributed by atoms with Crippen LogP contribution in [0.5, 0.6) is 0 Å². The largest absolute Gasteiger partial charge is 0.348 e. The minimum Gasteiger partial charge on any atom is -0.348 e. The van der Waals surface area contributed by atoms with Crippen molar-refractivity contribution in [2.45, 2.75) is 19.3 Å². The van der Waals surface area contributed by atoms with E-state index in [1.165, 1.54) is 0 Å². The molecule has 0 aromatic carbocycles. The highest BCUT2D eigenvalue weighted by Gasteiger charge is 1.87. The standard InChI is InChI=1S/C9H13N2/c1-2-3-4-5-6-9-10-7-8-11-9/h4-5,7-8H,1-3,6H2,(H,10,11)/b5-4+. The van der Waals surface area contributed by atoms with Crippen LogP contribution < -0.4 is 0 Å². The molecule has 0 aliphatic heterocycles. The molecule has 0 saturated heterocycles. The van der Waals surface area contributed by atoms with Gasteiger partial charge in [0.05, 0.1) is 0 Å². The molecule has 0 amide bonds. The SMILES string of the molecule is [CH2]CC/C=C/Cc1ncc[nH]1. The summed E-state index contributed by atoms with van der Waals surface area (Å²) in [5, 5.41) is 0. The average molecular weight is 149 g/mol. The molecule has 1 heterocycles. The summed E-state index contributed by atoms with van der Waals surface area (Å²) >= 11 is 0. The van der Waals surface area contributed by atoms with Crippen LogP contribution in [0.3, 0.4) is 0 Å². The van der Waals surface area contributed by atoms with Gasteiger partial charge in [-0.2, -0.15) is 0 Å². The van der Waals surface area contributed by atoms with Crippen molar-refractivity contribution in [2.75, 3.05) is 0 Å². The van der Waals surface area contributed by atoms with Crippen molar-refractivity contribution in [3.05, 3.63) is 37.3 Å². The maximum Gasteiger partial charge on any atom is 0.109 e. The first-order chi connectivity index (χ1) is 5.43. The molecule has 1 aromatic heterocycles. The van der Waals surface area contributed by atoms with E-state index in [9.17, 15) is 0 Å². The molecule has 1 radical (unpaired) electrons. The number of rotatable bonds is 4. The maximum atomic E-state index is 4.09. The van der Waals surface area contributed by atoms with E-state index in [0.29, 0.717) is 0 Å². The molecule has 0 atom stereocenters. The molecule has 0 saturated carbocycles. The monoisotopic (exact) mass is 149 g/mol. The first-order valence-electron chi connectivity index (χ1n) is 3.86. The number of aromatic amines is 1. The van der Waals surface area contributed by atoms with Crippen molar-refractivity contribution in [1.29, 1.82) is 0 Å². The first-order valence-corrected chi connectivity index (χ1v) is 3.86. The highest BCUT2D eigenvalue weighted by atomic mass is 14.9. The topological polar surface area (TPSA) is 28.7 Å². The van der Waals surface area contributed by atoms with E-state index in [0.717, 1.165) is 25.1 Å². The van der Waals surface area contributed by atoms with Crippen molar-refractivity contribution in [2.24, 2.45) is 0 Å². The quantitative estimate of drug-likeness (QED) is 0.653. The molecule has 1 aromatic rings. The van der Waals surface area contributed by atoms with Gasteiger partial charge >= 0.3 is 0 Å². The molecule has 0 spiro atoms. The molecule has 11 heavy (non-hydrogen) atoms. The highest BCUT2D eigenvalue weighted by molar-refractivity contribution is 4.96. The fourth-order valence-corrected chi connectivity index (χ4v) is 0.840. The van der Waals surface area contributed by atoms with Gasteiger partial charge in [-0.25, -0.2) is 4.98 Å². The molecule has 1 N–H and O–H groups in total. The number of H-pyrrole nitrogens is 1. The number of imidazole rings is 1. The maximum absolute atomic E-state index is 4.09. The van der Waals surface area contributed by atoms with Crippen molar-refractivity contribution < 1.29 is 0 Å². The number of hydrogen-bond acceptors (Lipinski definition) is 1. The van der Waals surface area contributed by atoms with Gasteiger partial charge in [0.25, 0.3) is 0 Å². The molecule has 0 aliphatic rings. The van der Waals surface area contributed by atoms with Gasteiger partial charge < -0.3 is 4.98 Å². The molecular formula is C9H13N2. The molecule has 1 rings (SSSR count). The molecule has 0 unspecified atom stereocenters. The van der Waals surface area contributed by atoms with Crippen LogP contribution in [0.1, 0.15) is 18.7 Å². The van der Waals surface area contributed by atoms with Crippen LogP contribution in [0, 0.1) is 6.92 Å².